The van der Waals surface area contributed by atoms with Gasteiger partial charge in [0.1, 0.15) is 0 Å². The molecule has 0 amide bonds. The molecule has 0 aromatic rings. The summed E-state index contributed by atoms with van der Waals surface area (Å²) in [5, 5.41) is 0. The van der Waals surface area contributed by atoms with Crippen molar-refractivity contribution in [3.05, 3.63) is 6.92 Å². The van der Waals surface area contributed by atoms with Gasteiger partial charge in [0.05, 0.1) is 26.4 Å². The number of hydrogen-bond acceptors (Lipinski definition) is 7. The van der Waals surface area contributed by atoms with Crippen molar-refractivity contribution in [2.45, 2.75) is 33.6 Å². The third kappa shape index (κ3) is 6.91. The maximum atomic E-state index is 12.3. The smallest absolute Gasteiger partial charge is 0.306 e. The first-order chi connectivity index (χ1) is 9.74. The van der Waals surface area contributed by atoms with E-state index in [0.717, 1.165) is 0 Å². The normalized spacial score (nSPS) is 21.3. The van der Waals surface area contributed by atoms with Gasteiger partial charge in [0.25, 0.3) is 0 Å². The lowest BCUT2D eigenvalue weighted by molar-refractivity contribution is 0.0314. The van der Waals surface area contributed by atoms with Crippen LogP contribution in [0, 0.1) is 12.3 Å². The Morgan fingerprint density at radius 2 is 1.76 bits per heavy atom. The van der Waals surface area contributed by atoms with Gasteiger partial charge < -0.3 is 9.05 Å². The summed E-state index contributed by atoms with van der Waals surface area (Å²) in [4.78, 5) is 0. The monoisotopic (exact) mass is 342 g/mol. The van der Waals surface area contributed by atoms with Crippen molar-refractivity contribution in [1.29, 1.82) is 0 Å². The van der Waals surface area contributed by atoms with Crippen LogP contribution in [0.15, 0.2) is 0 Å². The first-order valence-electron chi connectivity index (χ1n) is 6.86. The lowest BCUT2D eigenvalue weighted by atomic mass is 9.97. The number of rotatable bonds is 9. The Labute approximate surface area is 126 Å². The van der Waals surface area contributed by atoms with Crippen LogP contribution >= 0.6 is 15.4 Å². The highest BCUT2D eigenvalue weighted by molar-refractivity contribution is 7.55. The Bertz CT molecular complexity index is 384. The summed E-state index contributed by atoms with van der Waals surface area (Å²) < 4.78 is 50.2. The molecule has 0 aliphatic carbocycles. The molecule has 0 aromatic heterocycles. The van der Waals surface area contributed by atoms with E-state index in [1.54, 1.807) is 0 Å². The number of phosphoric ester groups is 1. The molecule has 1 atom stereocenters. The summed E-state index contributed by atoms with van der Waals surface area (Å²) in [6.45, 7) is 11.8. The molecule has 0 N–H and O–H groups in total. The molecule has 0 bridgehead atoms. The second-order valence-electron chi connectivity index (χ2n) is 5.48. The zero-order valence-corrected chi connectivity index (χ0v) is 14.6. The maximum Gasteiger partial charge on any atom is 0.475 e. The summed E-state index contributed by atoms with van der Waals surface area (Å²) in [5.74, 6) is 0. The molecule has 1 fully saturated rings. The first-order valence-corrected chi connectivity index (χ1v) is 10.0. The maximum absolute atomic E-state index is 12.3. The number of phosphoric acid groups is 1. The largest absolute Gasteiger partial charge is 0.475 e. The highest BCUT2D eigenvalue weighted by Crippen LogP contribution is 2.59. The molecule has 1 aliphatic rings. The van der Waals surface area contributed by atoms with Crippen LogP contribution < -0.4 is 0 Å². The fraction of sp³-hybridized carbons (Fsp3) is 0.917. The van der Waals surface area contributed by atoms with Crippen molar-refractivity contribution in [3.63, 3.8) is 0 Å². The molecule has 1 saturated heterocycles. The van der Waals surface area contributed by atoms with Crippen molar-refractivity contribution >= 4 is 15.4 Å². The highest BCUT2D eigenvalue weighted by atomic mass is 31.2. The number of hydrogen-bond donors (Lipinski definition) is 0. The summed E-state index contributed by atoms with van der Waals surface area (Å²) in [5.41, 5.74) is -0.216. The fourth-order valence-corrected chi connectivity index (χ4v) is 4.73. The summed E-state index contributed by atoms with van der Waals surface area (Å²) in [7, 11) is -7.25. The minimum atomic E-state index is -3.81. The first kappa shape index (κ1) is 19.3. The molecule has 9 heteroatoms. The lowest BCUT2D eigenvalue weighted by Gasteiger charge is -2.34. The molecule has 0 spiro atoms. The Morgan fingerprint density at radius 3 is 2.29 bits per heavy atom. The molecule has 1 aliphatic heterocycles. The van der Waals surface area contributed by atoms with Crippen molar-refractivity contribution in [3.8, 4) is 0 Å². The summed E-state index contributed by atoms with van der Waals surface area (Å²) in [6, 6.07) is 0. The van der Waals surface area contributed by atoms with E-state index in [0.29, 0.717) is 6.42 Å². The minimum absolute atomic E-state index is 0.0139. The zero-order chi connectivity index (χ0) is 16.0. The van der Waals surface area contributed by atoms with Gasteiger partial charge in [0.15, 0.2) is 6.35 Å². The molecule has 1 unspecified atom stereocenters. The molecule has 2 radical (unpaired) electrons. The third-order valence-electron chi connectivity index (χ3n) is 2.50. The average Bonchev–Trinajstić information content (AvgIpc) is 2.45. The van der Waals surface area contributed by atoms with E-state index in [9.17, 15) is 9.13 Å². The van der Waals surface area contributed by atoms with Gasteiger partial charge in [-0.1, -0.05) is 20.8 Å². The molecule has 7 nitrogen and oxygen atoms in total. The van der Waals surface area contributed by atoms with Crippen molar-refractivity contribution in [2.24, 2.45) is 5.41 Å². The SMILES string of the molecule is [CH]CCOP(=O)(OCCC)OCP1(=O)OCC(C)(C)CO1. The van der Waals surface area contributed by atoms with Gasteiger partial charge >= 0.3 is 15.4 Å². The van der Waals surface area contributed by atoms with Gasteiger partial charge in [0.2, 0.25) is 0 Å². The predicted octanol–water partition coefficient (Wildman–Crippen LogP) is 3.88. The average molecular weight is 342 g/mol. The van der Waals surface area contributed by atoms with Crippen LogP contribution in [-0.2, 0) is 31.7 Å². The molecule has 1 heterocycles. The van der Waals surface area contributed by atoms with Crippen LogP contribution in [0.5, 0.6) is 0 Å². The molecule has 124 valence electrons. The molecule has 21 heavy (non-hydrogen) atoms. The van der Waals surface area contributed by atoms with E-state index < -0.39 is 21.8 Å². The Kier molecular flexibility index (Phi) is 7.55. The van der Waals surface area contributed by atoms with E-state index in [1.807, 2.05) is 20.8 Å². The fourth-order valence-electron chi connectivity index (χ4n) is 1.32. The standard InChI is InChI=1S/C12H24O7P2/c1-5-7-15-21(14,16-8-6-2)19-11-20(13)17-9-12(3,4)10-18-20/h1H,5-11H2,2-4H3. The third-order valence-corrected chi connectivity index (χ3v) is 5.64. The van der Waals surface area contributed by atoms with Crippen LogP contribution in [0.1, 0.15) is 33.6 Å². The quantitative estimate of drug-likeness (QED) is 0.588. The van der Waals surface area contributed by atoms with Gasteiger partial charge in [-0.15, -0.1) is 0 Å². The van der Waals surface area contributed by atoms with E-state index in [-0.39, 0.29) is 38.3 Å². The van der Waals surface area contributed by atoms with E-state index >= 15 is 0 Å². The van der Waals surface area contributed by atoms with Crippen LogP contribution in [-0.4, -0.2) is 32.8 Å². The van der Waals surface area contributed by atoms with Gasteiger partial charge in [-0.05, 0) is 19.8 Å². The van der Waals surface area contributed by atoms with Crippen molar-refractivity contribution < 1.29 is 31.7 Å². The van der Waals surface area contributed by atoms with E-state index in [4.69, 9.17) is 29.5 Å². The highest BCUT2D eigenvalue weighted by Gasteiger charge is 2.39. The van der Waals surface area contributed by atoms with E-state index in [2.05, 4.69) is 0 Å². The van der Waals surface area contributed by atoms with Crippen LogP contribution in [0.2, 0.25) is 0 Å². The topological polar surface area (TPSA) is 80.3 Å². The molecule has 0 aromatic carbocycles. The van der Waals surface area contributed by atoms with Crippen LogP contribution in [0.4, 0.5) is 0 Å². The van der Waals surface area contributed by atoms with Crippen molar-refractivity contribution in [1.82, 2.24) is 0 Å². The zero-order valence-electron chi connectivity index (χ0n) is 12.8. The minimum Gasteiger partial charge on any atom is -0.306 e. The van der Waals surface area contributed by atoms with Crippen LogP contribution in [0.25, 0.3) is 0 Å². The summed E-state index contributed by atoms with van der Waals surface area (Å²) >= 11 is 0. The van der Waals surface area contributed by atoms with Gasteiger partial charge in [-0.3, -0.25) is 18.1 Å². The lowest BCUT2D eigenvalue weighted by Crippen LogP contribution is -2.30. The Balaban J connectivity index is 2.56. The van der Waals surface area contributed by atoms with Crippen molar-refractivity contribution in [2.75, 3.05) is 32.8 Å². The molecular formula is C12H24O7P2. The predicted molar refractivity (Wildman–Crippen MR) is 78.0 cm³/mol. The van der Waals surface area contributed by atoms with Gasteiger partial charge in [-0.25, -0.2) is 4.57 Å². The molecule has 0 saturated carbocycles. The Morgan fingerprint density at radius 1 is 1.19 bits per heavy atom. The molecule has 1 rings (SSSR count). The van der Waals surface area contributed by atoms with Crippen LogP contribution in [0.3, 0.4) is 0 Å². The van der Waals surface area contributed by atoms with Gasteiger partial charge in [-0.2, -0.15) is 0 Å². The second kappa shape index (κ2) is 8.21. The molecular weight excluding hydrogens is 318 g/mol. The Hall–Kier alpha value is 0.260. The second-order valence-corrected chi connectivity index (χ2v) is 9.15. The van der Waals surface area contributed by atoms with Gasteiger partial charge in [0, 0.05) is 5.41 Å². The van der Waals surface area contributed by atoms with E-state index in [1.165, 1.54) is 0 Å². The summed E-state index contributed by atoms with van der Waals surface area (Å²) in [6.07, 6.45) is 0.328.